The summed E-state index contributed by atoms with van der Waals surface area (Å²) in [4.78, 5) is 0. The number of nitrogens with zero attached hydrogens (tertiary/aromatic N) is 2. The van der Waals surface area contributed by atoms with Crippen molar-refractivity contribution in [2.45, 2.75) is 39.3 Å². The molecule has 0 bridgehead atoms. The molecule has 0 aromatic carbocycles. The molecular formula is C10H19N3O. The third-order valence-corrected chi connectivity index (χ3v) is 2.41. The molecule has 0 atom stereocenters. The lowest BCUT2D eigenvalue weighted by Crippen LogP contribution is -2.25. The number of hydrogen-bond acceptors (Lipinski definition) is 3. The van der Waals surface area contributed by atoms with Gasteiger partial charge in [-0.1, -0.05) is 0 Å². The molecule has 1 heterocycles. The summed E-state index contributed by atoms with van der Waals surface area (Å²) in [5.74, 6) is 0.717. The van der Waals surface area contributed by atoms with Crippen LogP contribution in [0.15, 0.2) is 6.07 Å². The number of methoxy groups -OCH3 is 1. The van der Waals surface area contributed by atoms with Gasteiger partial charge in [0.05, 0.1) is 11.3 Å². The first kappa shape index (κ1) is 11.0. The van der Waals surface area contributed by atoms with Crippen molar-refractivity contribution in [1.82, 2.24) is 9.78 Å². The Morgan fingerprint density at radius 1 is 1.57 bits per heavy atom. The van der Waals surface area contributed by atoms with Crippen molar-refractivity contribution < 1.29 is 4.74 Å². The molecule has 0 fully saturated rings. The van der Waals surface area contributed by atoms with Crippen molar-refractivity contribution >= 4 is 5.82 Å². The Labute approximate surface area is 85.0 Å². The van der Waals surface area contributed by atoms with E-state index in [0.717, 1.165) is 24.5 Å². The van der Waals surface area contributed by atoms with Crippen LogP contribution in [-0.2, 0) is 11.3 Å². The Balaban J connectivity index is 2.58. The number of aryl methyl sites for hydroxylation is 2. The minimum absolute atomic E-state index is 0.119. The predicted molar refractivity (Wildman–Crippen MR) is 57.1 cm³/mol. The quantitative estimate of drug-likeness (QED) is 0.797. The highest BCUT2D eigenvalue weighted by atomic mass is 16.5. The maximum Gasteiger partial charge on any atom is 0.121 e. The summed E-state index contributed by atoms with van der Waals surface area (Å²) in [5.41, 5.74) is 6.61. The summed E-state index contributed by atoms with van der Waals surface area (Å²) in [6, 6.07) is 1.87. The van der Waals surface area contributed by atoms with Gasteiger partial charge >= 0.3 is 0 Å². The predicted octanol–water partition coefficient (Wildman–Crippen LogP) is 1.59. The second-order valence-corrected chi connectivity index (χ2v) is 4.15. The molecule has 2 N–H and O–H groups in total. The Bertz CT molecular complexity index is 304. The molecule has 1 aromatic heterocycles. The normalized spacial score (nSPS) is 12.0. The maximum atomic E-state index is 5.77. The van der Waals surface area contributed by atoms with Crippen molar-refractivity contribution in [2.75, 3.05) is 12.8 Å². The standard InChI is InChI=1S/C10H19N3O/c1-8-7-9(11)13(12-8)6-5-10(2,3)14-4/h7H,5-6,11H2,1-4H3. The smallest absolute Gasteiger partial charge is 0.121 e. The molecule has 0 unspecified atom stereocenters. The van der Waals surface area contributed by atoms with E-state index in [1.807, 2.05) is 17.7 Å². The molecule has 0 aliphatic heterocycles. The largest absolute Gasteiger partial charge is 0.384 e. The molecule has 4 nitrogen and oxygen atoms in total. The number of aromatic nitrogens is 2. The highest BCUT2D eigenvalue weighted by Crippen LogP contribution is 2.15. The van der Waals surface area contributed by atoms with Crippen LogP contribution < -0.4 is 5.73 Å². The number of nitrogen functional groups attached to an aromatic ring is 1. The average molecular weight is 197 g/mol. The van der Waals surface area contributed by atoms with Crippen molar-refractivity contribution in [2.24, 2.45) is 0 Å². The summed E-state index contributed by atoms with van der Waals surface area (Å²) in [6.07, 6.45) is 0.898. The van der Waals surface area contributed by atoms with Crippen LogP contribution in [0.25, 0.3) is 0 Å². The van der Waals surface area contributed by atoms with E-state index in [0.29, 0.717) is 0 Å². The molecular weight excluding hydrogens is 178 g/mol. The monoisotopic (exact) mass is 197 g/mol. The van der Waals surface area contributed by atoms with Crippen LogP contribution in [0.4, 0.5) is 5.82 Å². The zero-order chi connectivity index (χ0) is 10.8. The van der Waals surface area contributed by atoms with Crippen molar-refractivity contribution in [3.05, 3.63) is 11.8 Å². The van der Waals surface area contributed by atoms with Gasteiger partial charge in [0.15, 0.2) is 0 Å². The van der Waals surface area contributed by atoms with Crippen LogP contribution in [0.5, 0.6) is 0 Å². The van der Waals surface area contributed by atoms with Gasteiger partial charge in [-0.15, -0.1) is 0 Å². The summed E-state index contributed by atoms with van der Waals surface area (Å²) in [6.45, 7) is 6.84. The second kappa shape index (κ2) is 4.00. The van der Waals surface area contributed by atoms with Crippen LogP contribution in [0.3, 0.4) is 0 Å². The molecule has 1 rings (SSSR count). The van der Waals surface area contributed by atoms with Crippen LogP contribution in [0.1, 0.15) is 26.0 Å². The molecule has 80 valence electrons. The Morgan fingerprint density at radius 2 is 2.21 bits per heavy atom. The van der Waals surface area contributed by atoms with Gasteiger partial charge in [0, 0.05) is 19.7 Å². The first-order valence-electron chi connectivity index (χ1n) is 4.80. The van der Waals surface area contributed by atoms with Gasteiger partial charge < -0.3 is 10.5 Å². The van der Waals surface area contributed by atoms with Crippen LogP contribution >= 0.6 is 0 Å². The van der Waals surface area contributed by atoms with E-state index in [4.69, 9.17) is 10.5 Å². The molecule has 0 saturated heterocycles. The first-order valence-corrected chi connectivity index (χ1v) is 4.80. The highest BCUT2D eigenvalue weighted by Gasteiger charge is 2.16. The van der Waals surface area contributed by atoms with Crippen molar-refractivity contribution in [1.29, 1.82) is 0 Å². The van der Waals surface area contributed by atoms with Gasteiger partial charge in [-0.25, -0.2) is 4.68 Å². The Morgan fingerprint density at radius 3 is 2.64 bits per heavy atom. The van der Waals surface area contributed by atoms with E-state index in [2.05, 4.69) is 18.9 Å². The fourth-order valence-electron chi connectivity index (χ4n) is 1.22. The molecule has 14 heavy (non-hydrogen) atoms. The molecule has 0 spiro atoms. The Hall–Kier alpha value is -1.03. The molecule has 0 amide bonds. The van der Waals surface area contributed by atoms with Gasteiger partial charge in [-0.3, -0.25) is 0 Å². The molecule has 1 aromatic rings. The lowest BCUT2D eigenvalue weighted by molar-refractivity contribution is 0.0114. The van der Waals surface area contributed by atoms with E-state index in [1.165, 1.54) is 0 Å². The number of anilines is 1. The topological polar surface area (TPSA) is 53.1 Å². The van der Waals surface area contributed by atoms with Gasteiger partial charge in [0.2, 0.25) is 0 Å². The van der Waals surface area contributed by atoms with Crippen LogP contribution in [0.2, 0.25) is 0 Å². The minimum Gasteiger partial charge on any atom is -0.384 e. The third kappa shape index (κ3) is 2.73. The first-order chi connectivity index (χ1) is 6.44. The summed E-state index contributed by atoms with van der Waals surface area (Å²) in [7, 11) is 1.72. The van der Waals surface area contributed by atoms with Crippen LogP contribution in [-0.4, -0.2) is 22.5 Å². The second-order valence-electron chi connectivity index (χ2n) is 4.15. The number of nitrogens with two attached hydrogens (primary N) is 1. The fraction of sp³-hybridized carbons (Fsp3) is 0.700. The zero-order valence-electron chi connectivity index (χ0n) is 9.37. The van der Waals surface area contributed by atoms with Gasteiger partial charge in [-0.2, -0.15) is 5.10 Å². The van der Waals surface area contributed by atoms with Gasteiger partial charge in [0.1, 0.15) is 5.82 Å². The van der Waals surface area contributed by atoms with E-state index >= 15 is 0 Å². The van der Waals surface area contributed by atoms with E-state index < -0.39 is 0 Å². The summed E-state index contributed by atoms with van der Waals surface area (Å²) >= 11 is 0. The highest BCUT2D eigenvalue weighted by molar-refractivity contribution is 5.29. The fourth-order valence-corrected chi connectivity index (χ4v) is 1.22. The average Bonchev–Trinajstić information content (AvgIpc) is 2.42. The molecule has 4 heteroatoms. The van der Waals surface area contributed by atoms with E-state index in [9.17, 15) is 0 Å². The zero-order valence-corrected chi connectivity index (χ0v) is 9.37. The molecule has 0 radical (unpaired) electrons. The number of rotatable bonds is 4. The van der Waals surface area contributed by atoms with E-state index in [-0.39, 0.29) is 5.60 Å². The van der Waals surface area contributed by atoms with Crippen molar-refractivity contribution in [3.8, 4) is 0 Å². The van der Waals surface area contributed by atoms with E-state index in [1.54, 1.807) is 7.11 Å². The third-order valence-electron chi connectivity index (χ3n) is 2.41. The van der Waals surface area contributed by atoms with Crippen molar-refractivity contribution in [3.63, 3.8) is 0 Å². The minimum atomic E-state index is -0.119. The maximum absolute atomic E-state index is 5.77. The number of ether oxygens (including phenoxy) is 1. The summed E-state index contributed by atoms with van der Waals surface area (Å²) < 4.78 is 7.14. The summed E-state index contributed by atoms with van der Waals surface area (Å²) in [5, 5.41) is 4.28. The molecule has 0 aliphatic carbocycles. The lowest BCUT2D eigenvalue weighted by Gasteiger charge is -2.22. The Kier molecular flexibility index (Phi) is 3.16. The van der Waals surface area contributed by atoms with Crippen LogP contribution in [0, 0.1) is 6.92 Å². The van der Waals surface area contributed by atoms with Gasteiger partial charge in [0.25, 0.3) is 0 Å². The number of hydrogen-bond donors (Lipinski definition) is 1. The molecule has 0 saturated carbocycles. The SMILES string of the molecule is COC(C)(C)CCn1nc(C)cc1N. The lowest BCUT2D eigenvalue weighted by atomic mass is 10.1. The van der Waals surface area contributed by atoms with Gasteiger partial charge in [-0.05, 0) is 27.2 Å². The molecule has 0 aliphatic rings.